The Bertz CT molecular complexity index is 1220. The minimum atomic E-state index is -0.0865. The molecule has 1 saturated heterocycles. The van der Waals surface area contributed by atoms with E-state index in [1.54, 1.807) is 4.90 Å². The number of hydrogen-bond acceptors (Lipinski definition) is 5. The van der Waals surface area contributed by atoms with Crippen molar-refractivity contribution >= 4 is 51.9 Å². The van der Waals surface area contributed by atoms with E-state index in [0.717, 1.165) is 16.7 Å². The molecule has 4 rings (SSSR count). The molecule has 1 fully saturated rings. The summed E-state index contributed by atoms with van der Waals surface area (Å²) in [6.45, 7) is 5.32. The molecule has 4 nitrogen and oxygen atoms in total. The molecule has 0 aliphatic carbocycles. The first-order chi connectivity index (χ1) is 16.4. The van der Waals surface area contributed by atoms with Gasteiger partial charge in [-0.2, -0.15) is 0 Å². The average Bonchev–Trinajstić information content (AvgIpc) is 3.08. The zero-order chi connectivity index (χ0) is 24.1. The van der Waals surface area contributed by atoms with Crippen molar-refractivity contribution in [3.8, 4) is 11.5 Å². The van der Waals surface area contributed by atoms with Crippen molar-refractivity contribution in [2.24, 2.45) is 0 Å². The van der Waals surface area contributed by atoms with Crippen LogP contribution in [-0.4, -0.2) is 21.7 Å². The number of carbonyl (C=O) groups excluding carboxylic acids is 1. The fraction of sp³-hybridized carbons (Fsp3) is 0.185. The van der Waals surface area contributed by atoms with Crippen LogP contribution < -0.4 is 9.47 Å². The van der Waals surface area contributed by atoms with E-state index in [-0.39, 0.29) is 5.91 Å². The van der Waals surface area contributed by atoms with Gasteiger partial charge >= 0.3 is 0 Å². The maximum atomic E-state index is 13.0. The van der Waals surface area contributed by atoms with Gasteiger partial charge in [-0.25, -0.2) is 0 Å². The van der Waals surface area contributed by atoms with Gasteiger partial charge in [0.15, 0.2) is 11.5 Å². The summed E-state index contributed by atoms with van der Waals surface area (Å²) in [7, 11) is 0. The highest BCUT2D eigenvalue weighted by atomic mass is 35.5. The lowest BCUT2D eigenvalue weighted by Gasteiger charge is -2.14. The van der Waals surface area contributed by atoms with E-state index in [9.17, 15) is 4.79 Å². The molecular formula is C27H24ClNO3S2. The Morgan fingerprint density at radius 1 is 0.971 bits per heavy atom. The monoisotopic (exact) mass is 509 g/mol. The number of aryl methyl sites for hydroxylation is 1. The van der Waals surface area contributed by atoms with Crippen LogP contribution in [0.4, 0.5) is 0 Å². The third kappa shape index (κ3) is 6.00. The summed E-state index contributed by atoms with van der Waals surface area (Å²) >= 11 is 12.8. The van der Waals surface area contributed by atoms with Crippen molar-refractivity contribution < 1.29 is 14.3 Å². The zero-order valence-corrected chi connectivity index (χ0v) is 21.3. The predicted molar refractivity (Wildman–Crippen MR) is 143 cm³/mol. The van der Waals surface area contributed by atoms with E-state index in [1.807, 2.05) is 86.7 Å². The van der Waals surface area contributed by atoms with Crippen molar-refractivity contribution in [2.75, 3.05) is 6.61 Å². The molecule has 0 saturated carbocycles. The molecule has 3 aromatic rings. The number of hydrogen-bond donors (Lipinski definition) is 0. The number of ether oxygens (including phenoxy) is 2. The molecule has 0 aromatic heterocycles. The van der Waals surface area contributed by atoms with Crippen molar-refractivity contribution in [1.82, 2.24) is 4.90 Å². The smallest absolute Gasteiger partial charge is 0.266 e. The quantitative estimate of drug-likeness (QED) is 0.241. The minimum Gasteiger partial charge on any atom is -0.490 e. The second-order valence-electron chi connectivity index (χ2n) is 7.81. The summed E-state index contributed by atoms with van der Waals surface area (Å²) in [4.78, 5) is 15.3. The van der Waals surface area contributed by atoms with Crippen molar-refractivity contribution in [2.45, 2.75) is 27.0 Å². The summed E-state index contributed by atoms with van der Waals surface area (Å²) in [6.07, 6.45) is 1.85. The second kappa shape index (κ2) is 11.1. The summed E-state index contributed by atoms with van der Waals surface area (Å²) in [5, 5.41) is 0.687. The van der Waals surface area contributed by atoms with Crippen LogP contribution in [0.2, 0.25) is 5.02 Å². The molecule has 1 aliphatic rings. The Labute approximate surface area is 214 Å². The first-order valence-corrected chi connectivity index (χ1v) is 12.5. The average molecular weight is 510 g/mol. The van der Waals surface area contributed by atoms with E-state index in [1.165, 1.54) is 17.3 Å². The molecule has 1 aliphatic heterocycles. The Morgan fingerprint density at radius 3 is 2.38 bits per heavy atom. The highest BCUT2D eigenvalue weighted by Gasteiger charge is 2.32. The van der Waals surface area contributed by atoms with Gasteiger partial charge in [-0.3, -0.25) is 9.69 Å². The highest BCUT2D eigenvalue weighted by Crippen LogP contribution is 2.36. The van der Waals surface area contributed by atoms with E-state index in [0.29, 0.717) is 45.5 Å². The lowest BCUT2D eigenvalue weighted by Crippen LogP contribution is -2.27. The highest BCUT2D eigenvalue weighted by molar-refractivity contribution is 8.26. The number of nitrogens with zero attached hydrogens (tertiary/aromatic N) is 1. The number of carbonyl (C=O) groups is 1. The normalized spacial score (nSPS) is 14.7. The topological polar surface area (TPSA) is 38.8 Å². The molecule has 0 bridgehead atoms. The van der Waals surface area contributed by atoms with Crippen LogP contribution in [0.1, 0.15) is 29.2 Å². The van der Waals surface area contributed by atoms with Crippen LogP contribution in [0.5, 0.6) is 11.5 Å². The fourth-order valence-electron chi connectivity index (χ4n) is 3.41. The molecule has 1 heterocycles. The van der Waals surface area contributed by atoms with Crippen molar-refractivity contribution in [1.29, 1.82) is 0 Å². The van der Waals surface area contributed by atoms with Crippen LogP contribution in [-0.2, 0) is 17.9 Å². The summed E-state index contributed by atoms with van der Waals surface area (Å²) in [5.41, 5.74) is 4.08. The van der Waals surface area contributed by atoms with E-state index >= 15 is 0 Å². The SMILES string of the molecule is CCOc1cc(/C=C2\SC(=S)N(Cc3ccc(C)cc3)C2=O)ccc1OCc1ccc(Cl)cc1. The Kier molecular flexibility index (Phi) is 7.93. The molecular weight excluding hydrogens is 486 g/mol. The van der Waals surface area contributed by atoms with Crippen LogP contribution >= 0.6 is 35.6 Å². The fourth-order valence-corrected chi connectivity index (χ4v) is 4.79. The van der Waals surface area contributed by atoms with Gasteiger partial charge in [0.25, 0.3) is 5.91 Å². The van der Waals surface area contributed by atoms with Crippen molar-refractivity contribution in [3.63, 3.8) is 0 Å². The van der Waals surface area contributed by atoms with Gasteiger partial charge in [-0.15, -0.1) is 0 Å². The van der Waals surface area contributed by atoms with Gasteiger partial charge < -0.3 is 9.47 Å². The Hall–Kier alpha value is -2.80. The van der Waals surface area contributed by atoms with Gasteiger partial charge in [0.05, 0.1) is 18.1 Å². The number of amides is 1. The third-order valence-corrected chi connectivity index (χ3v) is 6.84. The lowest BCUT2D eigenvalue weighted by molar-refractivity contribution is -0.122. The maximum Gasteiger partial charge on any atom is 0.266 e. The molecule has 3 aromatic carbocycles. The van der Waals surface area contributed by atoms with Gasteiger partial charge in [-0.1, -0.05) is 83.6 Å². The molecule has 174 valence electrons. The number of thiocarbonyl (C=S) groups is 1. The number of thioether (sulfide) groups is 1. The third-order valence-electron chi connectivity index (χ3n) is 5.21. The lowest BCUT2D eigenvalue weighted by atomic mass is 10.1. The van der Waals surface area contributed by atoms with Crippen LogP contribution in [0.15, 0.2) is 71.6 Å². The second-order valence-corrected chi connectivity index (χ2v) is 9.92. The van der Waals surface area contributed by atoms with Crippen molar-refractivity contribution in [3.05, 3.63) is 98.9 Å². The predicted octanol–water partition coefficient (Wildman–Crippen LogP) is 7.03. The molecule has 0 unspecified atom stereocenters. The Balaban J connectivity index is 1.49. The molecule has 0 atom stereocenters. The number of benzene rings is 3. The first-order valence-electron chi connectivity index (χ1n) is 10.9. The molecule has 1 amide bonds. The largest absolute Gasteiger partial charge is 0.490 e. The summed E-state index contributed by atoms with van der Waals surface area (Å²) in [5.74, 6) is 1.18. The minimum absolute atomic E-state index is 0.0865. The molecule has 34 heavy (non-hydrogen) atoms. The molecule has 0 N–H and O–H groups in total. The van der Waals surface area contributed by atoms with Crippen LogP contribution in [0.3, 0.4) is 0 Å². The number of rotatable bonds is 8. The maximum absolute atomic E-state index is 13.0. The van der Waals surface area contributed by atoms with Crippen LogP contribution in [0.25, 0.3) is 6.08 Å². The van der Waals surface area contributed by atoms with Crippen LogP contribution in [0, 0.1) is 6.92 Å². The van der Waals surface area contributed by atoms with E-state index < -0.39 is 0 Å². The molecule has 7 heteroatoms. The van der Waals surface area contributed by atoms with Gasteiger partial charge in [-0.05, 0) is 60.9 Å². The summed E-state index contributed by atoms with van der Waals surface area (Å²) in [6, 6.07) is 21.3. The van der Waals surface area contributed by atoms with E-state index in [2.05, 4.69) is 0 Å². The molecule has 0 spiro atoms. The van der Waals surface area contributed by atoms with Gasteiger partial charge in [0.1, 0.15) is 10.9 Å². The standard InChI is InChI=1S/C27H24ClNO3S2/c1-3-31-24-14-21(10-13-23(24)32-17-20-8-11-22(28)12-9-20)15-25-26(30)29(27(33)34-25)16-19-6-4-18(2)5-7-19/h4-15H,3,16-17H2,1-2H3/b25-15-. The van der Waals surface area contributed by atoms with E-state index in [4.69, 9.17) is 33.3 Å². The van der Waals surface area contributed by atoms with Gasteiger partial charge in [0, 0.05) is 5.02 Å². The molecule has 0 radical (unpaired) electrons. The van der Waals surface area contributed by atoms with Gasteiger partial charge in [0.2, 0.25) is 0 Å². The zero-order valence-electron chi connectivity index (χ0n) is 18.9. The number of halogens is 1. The Morgan fingerprint density at radius 2 is 1.68 bits per heavy atom. The summed E-state index contributed by atoms with van der Waals surface area (Å²) < 4.78 is 12.3. The first kappa shape index (κ1) is 24.3.